The molecule has 3 aromatic rings. The smallest absolute Gasteiger partial charge is 0.422 e. The molecule has 38 heavy (non-hydrogen) atoms. The molecule has 3 rings (SSSR count). The summed E-state index contributed by atoms with van der Waals surface area (Å²) in [4.78, 5) is 12.9. The van der Waals surface area contributed by atoms with E-state index in [4.69, 9.17) is 0 Å². The second kappa shape index (κ2) is 9.86. The van der Waals surface area contributed by atoms with E-state index in [-0.39, 0.29) is 31.6 Å². The van der Waals surface area contributed by atoms with Crippen molar-refractivity contribution in [2.75, 3.05) is 0 Å². The van der Waals surface area contributed by atoms with E-state index in [0.717, 1.165) is 0 Å². The summed E-state index contributed by atoms with van der Waals surface area (Å²) < 4.78 is 175. The minimum atomic E-state index is -5.95. The molecule has 0 aliphatic heterocycles. The summed E-state index contributed by atoms with van der Waals surface area (Å²) in [6, 6.07) is 0.482. The van der Waals surface area contributed by atoms with Gasteiger partial charge in [0, 0.05) is 25.0 Å². The van der Waals surface area contributed by atoms with Crippen LogP contribution >= 0.6 is 0 Å². The minimum absolute atomic E-state index is 0. The van der Waals surface area contributed by atoms with Crippen LogP contribution in [0.3, 0.4) is 0 Å². The predicted octanol–water partition coefficient (Wildman–Crippen LogP) is 6.73. The van der Waals surface area contributed by atoms with Crippen molar-refractivity contribution in [3.05, 3.63) is 75.0 Å². The van der Waals surface area contributed by atoms with Gasteiger partial charge in [0.15, 0.2) is 23.3 Å². The Labute approximate surface area is 214 Å². The summed E-state index contributed by atoms with van der Waals surface area (Å²) in [6.07, 6.45) is -17.1. The molecule has 18 heteroatoms. The monoisotopic (exact) mass is 618 g/mol. The first-order chi connectivity index (χ1) is 16.7. The van der Waals surface area contributed by atoms with Crippen molar-refractivity contribution in [2.45, 2.75) is 25.5 Å². The Balaban J connectivity index is 0.00000507. The fourth-order valence-corrected chi connectivity index (χ4v) is 3.39. The molecule has 0 saturated carbocycles. The number of aromatic nitrogens is 2. The molecule has 1 heterocycles. The second-order valence-electron chi connectivity index (χ2n) is 7.23. The van der Waals surface area contributed by atoms with Crippen LogP contribution in [0.5, 0.6) is 5.88 Å². The Morgan fingerprint density at radius 2 is 1.18 bits per heavy atom. The van der Waals surface area contributed by atoms with Gasteiger partial charge in [0.05, 0.1) is 16.8 Å². The number of halogens is 13. The molecule has 0 unspecified atom stereocenters. The van der Waals surface area contributed by atoms with E-state index in [1.54, 1.807) is 0 Å². The summed E-state index contributed by atoms with van der Waals surface area (Å²) in [5, 5.41) is 13.4. The average molecular weight is 620 g/mol. The number of carbonyl (C=O) groups is 1. The SMILES string of the molecule is Cc1nn(-c2c(F)c(F)c(C(F)(F)F)c(F)c2F)c(O)c1C(=O)c1c(C(F)(F)F)cccc1C(F)(F)F.[Zn]. The molecule has 2 aromatic carbocycles. The second-order valence-corrected chi connectivity index (χ2v) is 7.23. The molecule has 0 spiro atoms. The Bertz CT molecular complexity index is 1360. The predicted molar refractivity (Wildman–Crippen MR) is 94.7 cm³/mol. The van der Waals surface area contributed by atoms with Crippen molar-refractivity contribution in [3.8, 4) is 11.6 Å². The number of aromatic hydroxyl groups is 1. The minimum Gasteiger partial charge on any atom is -0.493 e. The van der Waals surface area contributed by atoms with Gasteiger partial charge < -0.3 is 5.11 Å². The number of aryl methyl sites for hydroxylation is 1. The van der Waals surface area contributed by atoms with E-state index >= 15 is 0 Å². The molecule has 0 aliphatic carbocycles. The van der Waals surface area contributed by atoms with Gasteiger partial charge in [-0.25, -0.2) is 17.6 Å². The molecule has 1 N–H and O–H groups in total. The summed E-state index contributed by atoms with van der Waals surface area (Å²) in [5.74, 6) is -15.8. The maximum Gasteiger partial charge on any atom is 0.422 e. The normalized spacial score (nSPS) is 12.5. The van der Waals surface area contributed by atoms with E-state index in [2.05, 4.69) is 5.10 Å². The molecule has 0 bridgehead atoms. The fourth-order valence-electron chi connectivity index (χ4n) is 3.39. The molecule has 0 aliphatic rings. The van der Waals surface area contributed by atoms with Gasteiger partial charge in [-0.1, -0.05) is 6.07 Å². The molecule has 0 amide bonds. The summed E-state index contributed by atoms with van der Waals surface area (Å²) in [5.41, 5.74) is -14.1. The van der Waals surface area contributed by atoms with Crippen LogP contribution in [0, 0.1) is 30.2 Å². The zero-order valence-corrected chi connectivity index (χ0v) is 21.1. The molecule has 0 fully saturated rings. The molecule has 0 saturated heterocycles. The third kappa shape index (κ3) is 5.09. The molecular formula is C20H7F13N2O2Zn. The topological polar surface area (TPSA) is 55.1 Å². The molecule has 4 nitrogen and oxygen atoms in total. The van der Waals surface area contributed by atoms with Crippen molar-refractivity contribution < 1.29 is 86.5 Å². The number of alkyl halides is 9. The van der Waals surface area contributed by atoms with Crippen molar-refractivity contribution in [2.24, 2.45) is 0 Å². The Morgan fingerprint density at radius 1 is 0.763 bits per heavy atom. The maximum absolute atomic E-state index is 14.4. The number of benzene rings is 2. The van der Waals surface area contributed by atoms with Crippen LogP contribution in [-0.4, -0.2) is 20.7 Å². The molecule has 0 radical (unpaired) electrons. The zero-order valence-electron chi connectivity index (χ0n) is 18.1. The van der Waals surface area contributed by atoms with E-state index in [0.29, 0.717) is 13.0 Å². The van der Waals surface area contributed by atoms with Gasteiger partial charge >= 0.3 is 18.5 Å². The van der Waals surface area contributed by atoms with Crippen LogP contribution < -0.4 is 0 Å². The van der Waals surface area contributed by atoms with Crippen LogP contribution in [0.15, 0.2) is 18.2 Å². The summed E-state index contributed by atoms with van der Waals surface area (Å²) in [6.45, 7) is 0.638. The van der Waals surface area contributed by atoms with Crippen LogP contribution in [-0.2, 0) is 38.0 Å². The fraction of sp³-hybridized carbons (Fsp3) is 0.200. The van der Waals surface area contributed by atoms with Crippen LogP contribution in [0.1, 0.15) is 38.3 Å². The Hall–Kier alpha value is -3.17. The first-order valence-corrected chi connectivity index (χ1v) is 9.25. The molecular weight excluding hydrogens is 613 g/mol. The quantitative estimate of drug-likeness (QED) is 0.153. The number of hydrogen-bond donors (Lipinski definition) is 1. The van der Waals surface area contributed by atoms with Crippen molar-refractivity contribution in [1.29, 1.82) is 0 Å². The Morgan fingerprint density at radius 3 is 1.55 bits per heavy atom. The standard InChI is InChI=1S/C20H7F13N2O2.Zn/c1-5-8(16(36)9-6(18(25,26)27)3-2-4-7(9)19(28,29)30)17(37)35(34-5)15-13(23)11(21)10(20(31,32)33)12(22)14(15)24;/h2-4,37H,1H3;. The van der Waals surface area contributed by atoms with Crippen molar-refractivity contribution in [3.63, 3.8) is 0 Å². The van der Waals surface area contributed by atoms with Gasteiger partial charge in [0.2, 0.25) is 11.7 Å². The molecule has 202 valence electrons. The average Bonchev–Trinajstić information content (AvgIpc) is 3.03. The zero-order chi connectivity index (χ0) is 28.4. The van der Waals surface area contributed by atoms with E-state index < -0.39 is 97.3 Å². The van der Waals surface area contributed by atoms with Crippen LogP contribution in [0.25, 0.3) is 5.69 Å². The third-order valence-corrected chi connectivity index (χ3v) is 4.90. The van der Waals surface area contributed by atoms with Crippen LogP contribution in [0.2, 0.25) is 0 Å². The third-order valence-electron chi connectivity index (χ3n) is 4.90. The Kier molecular flexibility index (Phi) is 8.05. The number of nitrogens with zero attached hydrogens (tertiary/aromatic N) is 2. The van der Waals surface area contributed by atoms with Gasteiger partial charge in [-0.05, 0) is 19.1 Å². The van der Waals surface area contributed by atoms with Gasteiger partial charge in [0.1, 0.15) is 16.8 Å². The molecule has 0 atom stereocenters. The van der Waals surface area contributed by atoms with E-state index in [1.165, 1.54) is 0 Å². The largest absolute Gasteiger partial charge is 0.493 e. The van der Waals surface area contributed by atoms with Crippen molar-refractivity contribution in [1.82, 2.24) is 9.78 Å². The molecule has 1 aromatic heterocycles. The number of rotatable bonds is 3. The number of carbonyl (C=O) groups excluding carboxylic acids is 1. The van der Waals surface area contributed by atoms with E-state index in [9.17, 15) is 67.0 Å². The number of ketones is 1. The van der Waals surface area contributed by atoms with Gasteiger partial charge in [-0.3, -0.25) is 4.79 Å². The van der Waals surface area contributed by atoms with Crippen LogP contribution in [0.4, 0.5) is 57.1 Å². The number of hydrogen-bond acceptors (Lipinski definition) is 3. The summed E-state index contributed by atoms with van der Waals surface area (Å²) in [7, 11) is 0. The first-order valence-electron chi connectivity index (χ1n) is 9.25. The summed E-state index contributed by atoms with van der Waals surface area (Å²) >= 11 is 0. The van der Waals surface area contributed by atoms with Gasteiger partial charge in [0.25, 0.3) is 0 Å². The maximum atomic E-state index is 14.4. The first kappa shape index (κ1) is 31.1. The van der Waals surface area contributed by atoms with E-state index in [1.807, 2.05) is 0 Å². The van der Waals surface area contributed by atoms with Gasteiger partial charge in [-0.15, -0.1) is 0 Å². The van der Waals surface area contributed by atoms with Gasteiger partial charge in [-0.2, -0.15) is 49.3 Å². The van der Waals surface area contributed by atoms with Crippen molar-refractivity contribution >= 4 is 5.78 Å².